The zero-order valence-corrected chi connectivity index (χ0v) is 44.6. The summed E-state index contributed by atoms with van der Waals surface area (Å²) in [5.41, 5.74) is 0. The van der Waals surface area contributed by atoms with Gasteiger partial charge in [-0.25, -0.2) is 0 Å². The second-order valence-corrected chi connectivity index (χ2v) is 20.0. The average Bonchev–Trinajstić information content (AvgIpc) is 3.33. The summed E-state index contributed by atoms with van der Waals surface area (Å²) < 4.78 is 5.45. The van der Waals surface area contributed by atoms with E-state index in [0.717, 1.165) is 89.9 Å². The van der Waals surface area contributed by atoms with Gasteiger partial charge in [-0.15, -0.1) is 0 Å². The fourth-order valence-electron chi connectivity index (χ4n) is 8.78. The monoisotopic (exact) mass is 940 g/mol. The summed E-state index contributed by atoms with van der Waals surface area (Å²) in [6.45, 7) is 4.81. The third-order valence-corrected chi connectivity index (χ3v) is 13.3. The Morgan fingerprint density at radius 3 is 1.18 bits per heavy atom. The Hall–Kier alpha value is -2.18. The van der Waals surface area contributed by atoms with Crippen molar-refractivity contribution in [2.24, 2.45) is 0 Å². The molecule has 0 aromatic rings. The molecule has 0 aliphatic heterocycles. The van der Waals surface area contributed by atoms with E-state index in [1.807, 2.05) is 6.08 Å². The first-order valence-corrected chi connectivity index (χ1v) is 29.4. The van der Waals surface area contributed by atoms with Gasteiger partial charge in [0, 0.05) is 12.8 Å². The van der Waals surface area contributed by atoms with Gasteiger partial charge in [0.05, 0.1) is 25.4 Å². The van der Waals surface area contributed by atoms with Crippen molar-refractivity contribution in [1.82, 2.24) is 5.32 Å². The lowest BCUT2D eigenvalue weighted by Gasteiger charge is -2.20. The molecule has 0 saturated carbocycles. The van der Waals surface area contributed by atoms with Crippen LogP contribution >= 0.6 is 0 Å². The van der Waals surface area contributed by atoms with Gasteiger partial charge in [0.15, 0.2) is 0 Å². The highest BCUT2D eigenvalue weighted by atomic mass is 16.5. The van der Waals surface area contributed by atoms with E-state index < -0.39 is 12.1 Å². The Morgan fingerprint density at radius 2 is 0.746 bits per heavy atom. The molecule has 0 bridgehead atoms. The van der Waals surface area contributed by atoms with Gasteiger partial charge in [-0.3, -0.25) is 9.59 Å². The van der Waals surface area contributed by atoms with Crippen LogP contribution in [0.5, 0.6) is 0 Å². The Bertz CT molecular complexity index is 1130. The van der Waals surface area contributed by atoms with Crippen molar-refractivity contribution >= 4 is 11.9 Å². The minimum absolute atomic E-state index is 0.0407. The number of aliphatic hydroxyl groups is 2. The number of allylic oxidation sites excluding steroid dienone is 7. The lowest BCUT2D eigenvalue weighted by molar-refractivity contribution is -0.143. The lowest BCUT2D eigenvalue weighted by atomic mass is 10.0. The molecule has 0 aliphatic carbocycles. The summed E-state index contributed by atoms with van der Waals surface area (Å²) in [5, 5.41) is 23.2. The summed E-state index contributed by atoms with van der Waals surface area (Å²) in [5.74, 6) is -0.137. The highest BCUT2D eigenvalue weighted by Crippen LogP contribution is 2.16. The lowest BCUT2D eigenvalue weighted by Crippen LogP contribution is -2.45. The van der Waals surface area contributed by atoms with E-state index in [1.165, 1.54) is 186 Å². The SMILES string of the molecule is CCCCC/C=C\C/C=C\CCCCCCCCCC(=O)OCCCC/C=C\CCCCCCCC(=O)NC(CO)C(O)/C=C/CCCCCCCCCCCCCCCCCCCCCC. The van der Waals surface area contributed by atoms with Gasteiger partial charge < -0.3 is 20.3 Å². The third kappa shape index (κ3) is 53.0. The molecule has 0 aromatic heterocycles. The molecular formula is C61H113NO5. The van der Waals surface area contributed by atoms with E-state index in [9.17, 15) is 19.8 Å². The number of rotatable bonds is 54. The van der Waals surface area contributed by atoms with Crippen LogP contribution in [-0.2, 0) is 14.3 Å². The summed E-state index contributed by atoms with van der Waals surface area (Å²) in [4.78, 5) is 24.5. The predicted octanol–water partition coefficient (Wildman–Crippen LogP) is 18.2. The van der Waals surface area contributed by atoms with Crippen molar-refractivity contribution in [2.45, 2.75) is 315 Å². The third-order valence-electron chi connectivity index (χ3n) is 13.3. The van der Waals surface area contributed by atoms with Crippen LogP contribution in [0.25, 0.3) is 0 Å². The number of hydrogen-bond donors (Lipinski definition) is 3. The normalized spacial score (nSPS) is 13.0. The largest absolute Gasteiger partial charge is 0.466 e. The molecule has 0 saturated heterocycles. The van der Waals surface area contributed by atoms with E-state index in [4.69, 9.17) is 4.74 Å². The molecule has 392 valence electrons. The first-order chi connectivity index (χ1) is 33.0. The number of aliphatic hydroxyl groups excluding tert-OH is 2. The van der Waals surface area contributed by atoms with Gasteiger partial charge in [-0.05, 0) is 89.9 Å². The molecule has 0 aliphatic rings. The topological polar surface area (TPSA) is 95.9 Å². The number of carbonyl (C=O) groups is 2. The summed E-state index contributed by atoms with van der Waals surface area (Å²) in [6.07, 6.45) is 71.3. The van der Waals surface area contributed by atoms with Crippen LogP contribution in [0.15, 0.2) is 48.6 Å². The molecule has 0 rings (SSSR count). The van der Waals surface area contributed by atoms with Gasteiger partial charge in [0.1, 0.15) is 0 Å². The average molecular weight is 941 g/mol. The molecule has 6 heteroatoms. The van der Waals surface area contributed by atoms with E-state index in [-0.39, 0.29) is 18.5 Å². The molecule has 1 amide bonds. The number of ether oxygens (including phenoxy) is 1. The Morgan fingerprint density at radius 1 is 0.418 bits per heavy atom. The van der Waals surface area contributed by atoms with Crippen LogP contribution < -0.4 is 5.32 Å². The van der Waals surface area contributed by atoms with Gasteiger partial charge in [-0.2, -0.15) is 0 Å². The Kier molecular flexibility index (Phi) is 54.6. The fourth-order valence-corrected chi connectivity index (χ4v) is 8.78. The number of carbonyl (C=O) groups excluding carboxylic acids is 2. The Labute approximate surface area is 416 Å². The molecule has 0 aromatic carbocycles. The number of amides is 1. The molecule has 3 N–H and O–H groups in total. The fraction of sp³-hybridized carbons (Fsp3) is 0.836. The second-order valence-electron chi connectivity index (χ2n) is 20.0. The molecule has 2 unspecified atom stereocenters. The van der Waals surface area contributed by atoms with Crippen LogP contribution in [0.4, 0.5) is 0 Å². The Balaban J connectivity index is 3.54. The molecule has 0 heterocycles. The maximum Gasteiger partial charge on any atom is 0.305 e. The summed E-state index contributed by atoms with van der Waals surface area (Å²) >= 11 is 0. The first kappa shape index (κ1) is 64.8. The zero-order valence-electron chi connectivity index (χ0n) is 44.6. The molecule has 0 spiro atoms. The maximum absolute atomic E-state index is 12.5. The number of esters is 1. The van der Waals surface area contributed by atoms with Crippen molar-refractivity contribution in [3.05, 3.63) is 48.6 Å². The van der Waals surface area contributed by atoms with Crippen molar-refractivity contribution in [1.29, 1.82) is 0 Å². The van der Waals surface area contributed by atoms with E-state index in [0.29, 0.717) is 19.4 Å². The van der Waals surface area contributed by atoms with Crippen LogP contribution in [0, 0.1) is 0 Å². The zero-order chi connectivity index (χ0) is 48.6. The van der Waals surface area contributed by atoms with Crippen molar-refractivity contribution in [3.63, 3.8) is 0 Å². The van der Waals surface area contributed by atoms with Gasteiger partial charge in [-0.1, -0.05) is 249 Å². The molecule has 67 heavy (non-hydrogen) atoms. The van der Waals surface area contributed by atoms with Crippen molar-refractivity contribution in [3.8, 4) is 0 Å². The van der Waals surface area contributed by atoms with Crippen molar-refractivity contribution in [2.75, 3.05) is 13.2 Å². The minimum Gasteiger partial charge on any atom is -0.466 e. The highest BCUT2D eigenvalue weighted by molar-refractivity contribution is 5.76. The minimum atomic E-state index is -0.865. The van der Waals surface area contributed by atoms with E-state index in [2.05, 4.69) is 55.6 Å². The van der Waals surface area contributed by atoms with Crippen LogP contribution in [0.1, 0.15) is 303 Å². The van der Waals surface area contributed by atoms with Crippen LogP contribution in [0.2, 0.25) is 0 Å². The predicted molar refractivity (Wildman–Crippen MR) is 292 cm³/mol. The standard InChI is InChI=1S/C61H113NO5/c1-3-5-7-9-11-13-15-17-19-21-22-23-24-25-27-28-30-33-37-41-45-49-53-59(64)58(57-63)62-60(65)54-50-46-42-38-34-32-36-40-44-48-52-56-67-61(66)55-51-47-43-39-35-31-29-26-20-18-16-14-12-10-8-6-4-2/h12,14,18,20,36,40,49,53,58-59,63-64H,3-11,13,15-17,19,21-35,37-39,41-48,50-52,54-57H2,1-2H3,(H,62,65)/b14-12-,20-18-,40-36-,53-49+. The molecule has 0 radical (unpaired) electrons. The van der Waals surface area contributed by atoms with Gasteiger partial charge >= 0.3 is 5.97 Å². The number of unbranched alkanes of at least 4 members (excludes halogenated alkanes) is 37. The van der Waals surface area contributed by atoms with E-state index >= 15 is 0 Å². The highest BCUT2D eigenvalue weighted by Gasteiger charge is 2.18. The quantitative estimate of drug-likeness (QED) is 0.0321. The molecule has 2 atom stereocenters. The first-order valence-electron chi connectivity index (χ1n) is 29.4. The van der Waals surface area contributed by atoms with Crippen LogP contribution in [-0.4, -0.2) is 47.4 Å². The summed E-state index contributed by atoms with van der Waals surface area (Å²) in [7, 11) is 0. The van der Waals surface area contributed by atoms with E-state index in [1.54, 1.807) is 6.08 Å². The smallest absolute Gasteiger partial charge is 0.305 e. The second kappa shape index (κ2) is 56.4. The maximum atomic E-state index is 12.5. The molecule has 0 fully saturated rings. The van der Waals surface area contributed by atoms with Gasteiger partial charge in [0.25, 0.3) is 0 Å². The molecule has 6 nitrogen and oxygen atoms in total. The summed E-state index contributed by atoms with van der Waals surface area (Å²) in [6, 6.07) is -0.652. The number of hydrogen-bond acceptors (Lipinski definition) is 5. The van der Waals surface area contributed by atoms with Gasteiger partial charge in [0.2, 0.25) is 5.91 Å². The van der Waals surface area contributed by atoms with Crippen LogP contribution in [0.3, 0.4) is 0 Å². The molecular weight excluding hydrogens is 827 g/mol. The van der Waals surface area contributed by atoms with Crippen molar-refractivity contribution < 1.29 is 24.5 Å². The number of nitrogens with one attached hydrogen (secondary N) is 1.